The molecule has 0 unspecified atom stereocenters. The van der Waals surface area contributed by atoms with E-state index >= 15 is 0 Å². The van der Waals surface area contributed by atoms with Crippen molar-refractivity contribution in [1.82, 2.24) is 5.32 Å². The molecule has 0 saturated heterocycles. The van der Waals surface area contributed by atoms with E-state index in [0.717, 1.165) is 28.6 Å². The summed E-state index contributed by atoms with van der Waals surface area (Å²) < 4.78 is 20.8. The van der Waals surface area contributed by atoms with E-state index < -0.39 is 0 Å². The van der Waals surface area contributed by atoms with Crippen LogP contribution in [-0.4, -0.2) is 6.54 Å². The molecule has 3 aromatic rings. The summed E-state index contributed by atoms with van der Waals surface area (Å²) in [5.41, 5.74) is 2.32. The highest BCUT2D eigenvalue weighted by Crippen LogP contribution is 2.26. The summed E-state index contributed by atoms with van der Waals surface area (Å²) in [5.74, 6) is 0.290. The topological polar surface area (TPSA) is 21.3 Å². The summed E-state index contributed by atoms with van der Waals surface area (Å²) in [6.07, 6.45) is 0.769. The Kier molecular flexibility index (Phi) is 8.22. The first-order chi connectivity index (χ1) is 13.9. The number of hydrogen-bond acceptors (Lipinski definition) is 2. The molecule has 1 N–H and O–H groups in total. The fourth-order valence-electron chi connectivity index (χ4n) is 2.82. The third-order valence-electron chi connectivity index (χ3n) is 4.36. The van der Waals surface area contributed by atoms with Crippen molar-refractivity contribution in [3.63, 3.8) is 0 Å². The smallest absolute Gasteiger partial charge is 0.131 e. The van der Waals surface area contributed by atoms with E-state index in [2.05, 4.69) is 21.2 Å². The number of ether oxygens (including phenoxy) is 1. The lowest BCUT2D eigenvalue weighted by molar-refractivity contribution is 0.296. The van der Waals surface area contributed by atoms with E-state index in [1.54, 1.807) is 18.2 Å². The van der Waals surface area contributed by atoms with Crippen LogP contribution in [0.5, 0.6) is 5.75 Å². The highest BCUT2D eigenvalue weighted by molar-refractivity contribution is 9.10. The van der Waals surface area contributed by atoms with Gasteiger partial charge in [-0.2, -0.15) is 0 Å². The lowest BCUT2D eigenvalue weighted by Gasteiger charge is -2.14. The largest absolute Gasteiger partial charge is 0.488 e. The van der Waals surface area contributed by atoms with Gasteiger partial charge in [0.15, 0.2) is 0 Å². The van der Waals surface area contributed by atoms with Gasteiger partial charge in [-0.25, -0.2) is 4.39 Å². The quantitative estimate of drug-likeness (QED) is 0.313. The molecular formula is C22H18BrCl3FNO. The first-order valence-corrected chi connectivity index (χ1v) is 10.9. The molecule has 3 rings (SSSR count). The van der Waals surface area contributed by atoms with Gasteiger partial charge in [-0.05, 0) is 61.0 Å². The average Bonchev–Trinajstić information content (AvgIpc) is 2.67. The minimum absolute atomic E-state index is 0.0561. The molecule has 3 aromatic carbocycles. The molecule has 0 spiro atoms. The fourth-order valence-corrected chi connectivity index (χ4v) is 3.95. The van der Waals surface area contributed by atoms with Crippen molar-refractivity contribution in [2.45, 2.75) is 19.6 Å². The van der Waals surface area contributed by atoms with Gasteiger partial charge in [0.2, 0.25) is 0 Å². The van der Waals surface area contributed by atoms with Crippen LogP contribution in [-0.2, 0) is 19.6 Å². The predicted octanol–water partition coefficient (Wildman–Crippen LogP) is 7.46. The zero-order valence-corrected chi connectivity index (χ0v) is 19.2. The molecule has 152 valence electrons. The zero-order chi connectivity index (χ0) is 20.8. The Morgan fingerprint density at radius 3 is 2.52 bits per heavy atom. The Hall–Kier alpha value is -1.30. The molecule has 0 aromatic heterocycles. The second kappa shape index (κ2) is 10.6. The van der Waals surface area contributed by atoms with Crippen molar-refractivity contribution in [3.05, 3.63) is 96.6 Å². The van der Waals surface area contributed by atoms with Gasteiger partial charge in [0, 0.05) is 32.2 Å². The minimum Gasteiger partial charge on any atom is -0.488 e. The Balaban J connectivity index is 1.61. The van der Waals surface area contributed by atoms with Crippen LogP contribution in [0.3, 0.4) is 0 Å². The molecule has 0 saturated carbocycles. The maximum atomic E-state index is 14.0. The first kappa shape index (κ1) is 22.4. The molecule has 0 fully saturated rings. The van der Waals surface area contributed by atoms with Gasteiger partial charge in [-0.3, -0.25) is 0 Å². The summed E-state index contributed by atoms with van der Waals surface area (Å²) >= 11 is 21.7. The monoisotopic (exact) mass is 515 g/mol. The van der Waals surface area contributed by atoms with Gasteiger partial charge in [0.05, 0.1) is 5.02 Å². The summed E-state index contributed by atoms with van der Waals surface area (Å²) in [7, 11) is 0. The van der Waals surface area contributed by atoms with Crippen LogP contribution < -0.4 is 10.1 Å². The Bertz CT molecular complexity index is 980. The molecule has 29 heavy (non-hydrogen) atoms. The highest BCUT2D eigenvalue weighted by Gasteiger charge is 2.10. The number of benzene rings is 3. The molecule has 7 heteroatoms. The Morgan fingerprint density at radius 2 is 1.76 bits per heavy atom. The fraction of sp³-hybridized carbons (Fsp3) is 0.182. The van der Waals surface area contributed by atoms with Gasteiger partial charge in [-0.1, -0.05) is 62.9 Å². The Labute approximate surface area is 193 Å². The van der Waals surface area contributed by atoms with Crippen LogP contribution in [0.1, 0.15) is 16.7 Å². The molecular weight excluding hydrogens is 500 g/mol. The second-order valence-electron chi connectivity index (χ2n) is 6.40. The SMILES string of the molecule is Fc1cccc(Cl)c1COc1ccc(Br)cc1CNCCc1ccc(Cl)cc1Cl. The van der Waals surface area contributed by atoms with Crippen LogP contribution in [0.4, 0.5) is 4.39 Å². The highest BCUT2D eigenvalue weighted by atomic mass is 79.9. The van der Waals surface area contributed by atoms with Crippen molar-refractivity contribution in [2.75, 3.05) is 6.54 Å². The van der Waals surface area contributed by atoms with Crippen molar-refractivity contribution < 1.29 is 9.13 Å². The van der Waals surface area contributed by atoms with Crippen LogP contribution >= 0.6 is 50.7 Å². The molecule has 0 aliphatic heterocycles. The summed E-state index contributed by atoms with van der Waals surface area (Å²) in [6.45, 7) is 1.37. The van der Waals surface area contributed by atoms with Gasteiger partial charge < -0.3 is 10.1 Å². The van der Waals surface area contributed by atoms with Crippen molar-refractivity contribution >= 4 is 50.7 Å². The average molecular weight is 518 g/mol. The second-order valence-corrected chi connectivity index (χ2v) is 8.57. The summed E-state index contributed by atoms with van der Waals surface area (Å²) in [6, 6.07) is 15.8. The first-order valence-electron chi connectivity index (χ1n) is 8.93. The van der Waals surface area contributed by atoms with Crippen molar-refractivity contribution in [3.8, 4) is 5.75 Å². The normalized spacial score (nSPS) is 10.9. The molecule has 2 nitrogen and oxygen atoms in total. The minimum atomic E-state index is -0.380. The molecule has 0 aliphatic carbocycles. The van der Waals surface area contributed by atoms with Gasteiger partial charge >= 0.3 is 0 Å². The van der Waals surface area contributed by atoms with Crippen LogP contribution in [0.25, 0.3) is 0 Å². The standard InChI is InChI=1S/C22H18BrCl3FNO/c23-16-5-7-22(29-13-18-19(25)2-1-3-21(18)27)15(10-16)12-28-9-8-14-4-6-17(24)11-20(14)26/h1-7,10-11,28H,8-9,12-13H2. The maximum Gasteiger partial charge on any atom is 0.131 e. The van der Waals surface area contributed by atoms with E-state index in [-0.39, 0.29) is 12.4 Å². The molecule has 0 heterocycles. The number of rotatable bonds is 8. The third kappa shape index (κ3) is 6.34. The van der Waals surface area contributed by atoms with Crippen LogP contribution in [0, 0.1) is 5.82 Å². The van der Waals surface area contributed by atoms with Gasteiger partial charge in [0.1, 0.15) is 18.2 Å². The maximum absolute atomic E-state index is 14.0. The molecule has 0 radical (unpaired) electrons. The van der Waals surface area contributed by atoms with Gasteiger partial charge in [0.25, 0.3) is 0 Å². The van der Waals surface area contributed by atoms with Gasteiger partial charge in [-0.15, -0.1) is 0 Å². The predicted molar refractivity (Wildman–Crippen MR) is 122 cm³/mol. The molecule has 0 aliphatic rings. The van der Waals surface area contributed by atoms with E-state index in [9.17, 15) is 4.39 Å². The molecule has 0 amide bonds. The van der Waals surface area contributed by atoms with Crippen LogP contribution in [0.2, 0.25) is 15.1 Å². The number of hydrogen-bond donors (Lipinski definition) is 1. The molecule has 0 atom stereocenters. The van der Waals surface area contributed by atoms with E-state index in [1.165, 1.54) is 6.07 Å². The summed E-state index contributed by atoms with van der Waals surface area (Å²) in [5, 5.41) is 5.02. The van der Waals surface area contributed by atoms with Crippen LogP contribution in [0.15, 0.2) is 59.1 Å². The van der Waals surface area contributed by atoms with E-state index in [0.29, 0.717) is 32.9 Å². The van der Waals surface area contributed by atoms with Crippen molar-refractivity contribution in [2.24, 2.45) is 0 Å². The zero-order valence-electron chi connectivity index (χ0n) is 15.3. The van der Waals surface area contributed by atoms with E-state index in [1.807, 2.05) is 30.3 Å². The summed E-state index contributed by atoms with van der Waals surface area (Å²) in [4.78, 5) is 0. The molecule has 0 bridgehead atoms. The lowest BCUT2D eigenvalue weighted by Crippen LogP contribution is -2.17. The van der Waals surface area contributed by atoms with E-state index in [4.69, 9.17) is 39.5 Å². The Morgan fingerprint density at radius 1 is 0.931 bits per heavy atom. The third-order valence-corrected chi connectivity index (χ3v) is 5.79. The number of nitrogens with one attached hydrogen (secondary N) is 1. The lowest BCUT2D eigenvalue weighted by atomic mass is 10.1. The number of halogens is 5. The van der Waals surface area contributed by atoms with Crippen molar-refractivity contribution in [1.29, 1.82) is 0 Å².